The molecule has 1 aromatic carbocycles. The van der Waals surface area contributed by atoms with Crippen LogP contribution in [0.2, 0.25) is 0 Å². The standard InChI is InChI=1S/C21H24N6O/c1-25(15-20-24-22-16-26(20)12-13-28-2)14-18-21(17-8-4-3-5-9-17)23-19-10-6-7-11-27(18)19/h3-11,16H,12-15H2,1-2H3. The highest BCUT2D eigenvalue weighted by Crippen LogP contribution is 2.25. The predicted octanol–water partition coefficient (Wildman–Crippen LogP) is 2.87. The van der Waals surface area contributed by atoms with Crippen molar-refractivity contribution in [3.8, 4) is 11.3 Å². The summed E-state index contributed by atoms with van der Waals surface area (Å²) in [4.78, 5) is 7.11. The molecule has 0 aliphatic carbocycles. The van der Waals surface area contributed by atoms with Crippen molar-refractivity contribution < 1.29 is 4.74 Å². The zero-order valence-corrected chi connectivity index (χ0v) is 16.2. The highest BCUT2D eigenvalue weighted by molar-refractivity contribution is 5.66. The molecule has 0 radical (unpaired) electrons. The largest absolute Gasteiger partial charge is 0.383 e. The van der Waals surface area contributed by atoms with Gasteiger partial charge < -0.3 is 13.7 Å². The third-order valence-electron chi connectivity index (χ3n) is 4.74. The zero-order chi connectivity index (χ0) is 19.3. The Labute approximate surface area is 164 Å². The van der Waals surface area contributed by atoms with Crippen LogP contribution < -0.4 is 0 Å². The molecule has 28 heavy (non-hydrogen) atoms. The van der Waals surface area contributed by atoms with Crippen molar-refractivity contribution >= 4 is 5.65 Å². The smallest absolute Gasteiger partial charge is 0.147 e. The summed E-state index contributed by atoms with van der Waals surface area (Å²) < 4.78 is 9.37. The Morgan fingerprint density at radius 1 is 1.04 bits per heavy atom. The fourth-order valence-electron chi connectivity index (χ4n) is 3.36. The van der Waals surface area contributed by atoms with Gasteiger partial charge in [0, 0.05) is 32.0 Å². The Balaban J connectivity index is 1.61. The second kappa shape index (κ2) is 8.33. The van der Waals surface area contributed by atoms with Crippen LogP contribution in [0.3, 0.4) is 0 Å². The van der Waals surface area contributed by atoms with E-state index in [-0.39, 0.29) is 0 Å². The molecule has 0 atom stereocenters. The number of hydrogen-bond donors (Lipinski definition) is 0. The van der Waals surface area contributed by atoms with E-state index in [1.807, 2.05) is 41.0 Å². The normalized spacial score (nSPS) is 11.5. The first-order valence-corrected chi connectivity index (χ1v) is 9.32. The summed E-state index contributed by atoms with van der Waals surface area (Å²) >= 11 is 0. The molecule has 0 aliphatic rings. The lowest BCUT2D eigenvalue weighted by molar-refractivity contribution is 0.184. The first-order chi connectivity index (χ1) is 13.8. The van der Waals surface area contributed by atoms with Gasteiger partial charge in [0.1, 0.15) is 17.8 Å². The molecule has 0 bridgehead atoms. The third kappa shape index (κ3) is 3.81. The van der Waals surface area contributed by atoms with Gasteiger partial charge in [-0.1, -0.05) is 36.4 Å². The van der Waals surface area contributed by atoms with Crippen molar-refractivity contribution in [2.45, 2.75) is 19.6 Å². The van der Waals surface area contributed by atoms with E-state index in [1.165, 1.54) is 0 Å². The summed E-state index contributed by atoms with van der Waals surface area (Å²) in [6, 6.07) is 16.4. The lowest BCUT2D eigenvalue weighted by Crippen LogP contribution is -2.22. The monoisotopic (exact) mass is 376 g/mol. The third-order valence-corrected chi connectivity index (χ3v) is 4.74. The van der Waals surface area contributed by atoms with Crippen LogP contribution in [-0.2, 0) is 24.4 Å². The molecule has 4 rings (SSSR count). The highest BCUT2D eigenvalue weighted by atomic mass is 16.5. The van der Waals surface area contributed by atoms with E-state index < -0.39 is 0 Å². The summed E-state index contributed by atoms with van der Waals surface area (Å²) in [5.41, 5.74) is 4.25. The molecule has 144 valence electrons. The van der Waals surface area contributed by atoms with Gasteiger partial charge in [-0.15, -0.1) is 10.2 Å². The van der Waals surface area contributed by atoms with Crippen molar-refractivity contribution in [1.29, 1.82) is 0 Å². The molecular formula is C21H24N6O. The molecular weight excluding hydrogens is 352 g/mol. The molecule has 0 saturated carbocycles. The van der Waals surface area contributed by atoms with Crippen molar-refractivity contribution in [1.82, 2.24) is 29.0 Å². The Morgan fingerprint density at radius 2 is 1.86 bits per heavy atom. The van der Waals surface area contributed by atoms with E-state index >= 15 is 0 Å². The lowest BCUT2D eigenvalue weighted by Gasteiger charge is -2.17. The van der Waals surface area contributed by atoms with Gasteiger partial charge in [-0.3, -0.25) is 4.90 Å². The van der Waals surface area contributed by atoms with Gasteiger partial charge in [0.15, 0.2) is 0 Å². The number of fused-ring (bicyclic) bond motifs is 1. The Morgan fingerprint density at radius 3 is 2.68 bits per heavy atom. The summed E-state index contributed by atoms with van der Waals surface area (Å²) in [5, 5.41) is 8.33. The van der Waals surface area contributed by atoms with Crippen molar-refractivity contribution in [2.75, 3.05) is 20.8 Å². The predicted molar refractivity (Wildman–Crippen MR) is 108 cm³/mol. The van der Waals surface area contributed by atoms with Crippen molar-refractivity contribution in [3.05, 3.63) is 72.6 Å². The summed E-state index contributed by atoms with van der Waals surface area (Å²) in [5.74, 6) is 0.926. The van der Waals surface area contributed by atoms with Crippen LogP contribution in [-0.4, -0.2) is 49.8 Å². The van der Waals surface area contributed by atoms with Gasteiger partial charge in [-0.2, -0.15) is 0 Å². The molecule has 0 fully saturated rings. The maximum absolute atomic E-state index is 5.17. The first kappa shape index (κ1) is 18.3. The van der Waals surface area contributed by atoms with Crippen LogP contribution in [0.4, 0.5) is 0 Å². The SMILES string of the molecule is COCCn1cnnc1CN(C)Cc1c(-c2ccccc2)nc2ccccn12. The molecule has 0 spiro atoms. The van der Waals surface area contributed by atoms with E-state index in [4.69, 9.17) is 9.72 Å². The topological polar surface area (TPSA) is 60.5 Å². The minimum absolute atomic E-state index is 0.639. The average Bonchev–Trinajstić information content (AvgIpc) is 3.31. The Kier molecular flexibility index (Phi) is 5.45. The number of ether oxygens (including phenoxy) is 1. The fraction of sp³-hybridized carbons (Fsp3) is 0.286. The van der Waals surface area contributed by atoms with Crippen molar-refractivity contribution in [3.63, 3.8) is 0 Å². The molecule has 7 nitrogen and oxygen atoms in total. The molecule has 0 saturated heterocycles. The molecule has 0 amide bonds. The van der Waals surface area contributed by atoms with E-state index in [2.05, 4.69) is 44.9 Å². The average molecular weight is 376 g/mol. The molecule has 3 heterocycles. The van der Waals surface area contributed by atoms with E-state index in [0.29, 0.717) is 13.2 Å². The highest BCUT2D eigenvalue weighted by Gasteiger charge is 2.16. The molecule has 4 aromatic rings. The number of hydrogen-bond acceptors (Lipinski definition) is 5. The molecule has 0 unspecified atom stereocenters. The van der Waals surface area contributed by atoms with Gasteiger partial charge in [-0.25, -0.2) is 4.98 Å². The maximum Gasteiger partial charge on any atom is 0.147 e. The van der Waals surface area contributed by atoms with Gasteiger partial charge in [0.2, 0.25) is 0 Å². The quantitative estimate of drug-likeness (QED) is 0.473. The van der Waals surface area contributed by atoms with Crippen LogP contribution in [0.25, 0.3) is 16.9 Å². The zero-order valence-electron chi connectivity index (χ0n) is 16.2. The number of rotatable bonds is 8. The van der Waals surface area contributed by atoms with E-state index in [9.17, 15) is 0 Å². The number of aromatic nitrogens is 5. The van der Waals surface area contributed by atoms with Gasteiger partial charge in [-0.05, 0) is 19.2 Å². The summed E-state index contributed by atoms with van der Waals surface area (Å²) in [6.45, 7) is 2.82. The second-order valence-electron chi connectivity index (χ2n) is 6.81. The summed E-state index contributed by atoms with van der Waals surface area (Å²) in [6.07, 6.45) is 3.82. The van der Waals surface area contributed by atoms with Crippen LogP contribution in [0.15, 0.2) is 61.1 Å². The maximum atomic E-state index is 5.17. The van der Waals surface area contributed by atoms with E-state index in [0.717, 1.165) is 41.5 Å². The number of pyridine rings is 1. The van der Waals surface area contributed by atoms with Crippen molar-refractivity contribution in [2.24, 2.45) is 0 Å². The Bertz CT molecular complexity index is 1040. The Hall–Kier alpha value is -3.03. The van der Waals surface area contributed by atoms with Gasteiger partial charge in [0.25, 0.3) is 0 Å². The van der Waals surface area contributed by atoms with Crippen LogP contribution in [0.5, 0.6) is 0 Å². The number of nitrogens with zero attached hydrogens (tertiary/aromatic N) is 6. The molecule has 7 heteroatoms. The molecule has 3 aromatic heterocycles. The van der Waals surface area contributed by atoms with E-state index in [1.54, 1.807) is 13.4 Å². The minimum atomic E-state index is 0.639. The minimum Gasteiger partial charge on any atom is -0.383 e. The van der Waals surface area contributed by atoms with Crippen LogP contribution >= 0.6 is 0 Å². The molecule has 0 aliphatic heterocycles. The summed E-state index contributed by atoms with van der Waals surface area (Å²) in [7, 11) is 3.79. The number of imidazole rings is 1. The lowest BCUT2D eigenvalue weighted by atomic mass is 10.1. The fourth-order valence-corrected chi connectivity index (χ4v) is 3.36. The molecule has 0 N–H and O–H groups in total. The number of benzene rings is 1. The van der Waals surface area contributed by atoms with Gasteiger partial charge in [0.05, 0.1) is 24.5 Å². The number of methoxy groups -OCH3 is 1. The first-order valence-electron chi connectivity index (χ1n) is 9.32. The van der Waals surface area contributed by atoms with Crippen LogP contribution in [0.1, 0.15) is 11.5 Å². The second-order valence-corrected chi connectivity index (χ2v) is 6.81. The van der Waals surface area contributed by atoms with Crippen LogP contribution in [0, 0.1) is 0 Å². The van der Waals surface area contributed by atoms with Gasteiger partial charge >= 0.3 is 0 Å².